The van der Waals surface area contributed by atoms with Crippen LogP contribution in [0.2, 0.25) is 0 Å². The van der Waals surface area contributed by atoms with E-state index in [9.17, 15) is 9.59 Å². The molecular formula is C19H23N3O2. The van der Waals surface area contributed by atoms with Gasteiger partial charge in [-0.05, 0) is 56.1 Å². The number of amides is 1. The van der Waals surface area contributed by atoms with Gasteiger partial charge in [0.1, 0.15) is 0 Å². The Balaban J connectivity index is 1.29. The molecular weight excluding hydrogens is 302 g/mol. The molecule has 5 nitrogen and oxygen atoms in total. The lowest BCUT2D eigenvalue weighted by atomic mass is 10.0. The van der Waals surface area contributed by atoms with Crippen molar-refractivity contribution in [2.45, 2.75) is 38.1 Å². The first-order valence-electron chi connectivity index (χ1n) is 9.20. The van der Waals surface area contributed by atoms with Crippen molar-refractivity contribution in [3.8, 4) is 0 Å². The Kier molecular flexibility index (Phi) is 3.12. The van der Waals surface area contributed by atoms with Crippen molar-refractivity contribution in [1.82, 2.24) is 14.5 Å². The molecule has 1 aromatic heterocycles. The van der Waals surface area contributed by atoms with Crippen LogP contribution in [-0.2, 0) is 4.79 Å². The number of piperidine rings is 1. The number of imidazole rings is 1. The van der Waals surface area contributed by atoms with Gasteiger partial charge in [0, 0.05) is 25.0 Å². The second kappa shape index (κ2) is 5.23. The van der Waals surface area contributed by atoms with Crippen molar-refractivity contribution >= 4 is 16.9 Å². The minimum atomic E-state index is -0.0306. The van der Waals surface area contributed by atoms with Crippen molar-refractivity contribution in [1.29, 1.82) is 0 Å². The smallest absolute Gasteiger partial charge is 0.326 e. The number of nitrogens with one attached hydrogen (secondary N) is 1. The van der Waals surface area contributed by atoms with Crippen LogP contribution < -0.4 is 5.69 Å². The fourth-order valence-electron chi connectivity index (χ4n) is 4.56. The largest absolute Gasteiger partial charge is 0.342 e. The van der Waals surface area contributed by atoms with E-state index in [4.69, 9.17) is 0 Å². The number of fused-ring (bicyclic) bond motifs is 1. The van der Waals surface area contributed by atoms with Crippen LogP contribution in [0.3, 0.4) is 0 Å². The normalized spacial score (nSPS) is 27.6. The molecule has 2 heterocycles. The number of nitrogens with zero attached hydrogens (tertiary/aromatic N) is 2. The molecule has 2 aromatic rings. The summed E-state index contributed by atoms with van der Waals surface area (Å²) in [5, 5.41) is 0. The second-order valence-electron chi connectivity index (χ2n) is 7.72. The summed E-state index contributed by atoms with van der Waals surface area (Å²) in [6, 6.07) is 8.04. The maximum absolute atomic E-state index is 12.6. The summed E-state index contributed by atoms with van der Waals surface area (Å²) >= 11 is 0. The summed E-state index contributed by atoms with van der Waals surface area (Å²) in [5.74, 6) is 2.22. The number of H-pyrrole nitrogens is 1. The zero-order valence-electron chi connectivity index (χ0n) is 13.8. The highest BCUT2D eigenvalue weighted by molar-refractivity contribution is 5.82. The van der Waals surface area contributed by atoms with Gasteiger partial charge in [-0.3, -0.25) is 9.36 Å². The Labute approximate surface area is 140 Å². The fraction of sp³-hybridized carbons (Fsp3) is 0.579. The highest BCUT2D eigenvalue weighted by Gasteiger charge is 2.52. The van der Waals surface area contributed by atoms with Crippen LogP contribution in [0.25, 0.3) is 11.0 Å². The minimum absolute atomic E-state index is 0.0306. The van der Waals surface area contributed by atoms with E-state index in [1.165, 1.54) is 12.8 Å². The van der Waals surface area contributed by atoms with Crippen molar-refractivity contribution < 1.29 is 4.79 Å². The van der Waals surface area contributed by atoms with Gasteiger partial charge >= 0.3 is 5.69 Å². The van der Waals surface area contributed by atoms with E-state index in [-0.39, 0.29) is 11.7 Å². The Morgan fingerprint density at radius 3 is 2.58 bits per heavy atom. The molecule has 0 spiro atoms. The molecule has 1 saturated heterocycles. The molecule has 2 saturated carbocycles. The lowest BCUT2D eigenvalue weighted by Crippen LogP contribution is -2.41. The summed E-state index contributed by atoms with van der Waals surface area (Å²) in [7, 11) is 0. The third kappa shape index (κ3) is 2.29. The molecule has 1 amide bonds. The zero-order chi connectivity index (χ0) is 16.3. The highest BCUT2D eigenvalue weighted by Crippen LogP contribution is 2.55. The Bertz CT molecular complexity index is 840. The van der Waals surface area contributed by atoms with Gasteiger partial charge in [-0.15, -0.1) is 0 Å². The summed E-state index contributed by atoms with van der Waals surface area (Å²) in [4.78, 5) is 29.9. The first kappa shape index (κ1) is 14.3. The number of para-hydroxylation sites is 2. The number of rotatable bonds is 3. The summed E-state index contributed by atoms with van der Waals surface area (Å²) in [5.41, 5.74) is 1.84. The Hall–Kier alpha value is -2.04. The van der Waals surface area contributed by atoms with E-state index < -0.39 is 0 Å². The topological polar surface area (TPSA) is 58.1 Å². The molecule has 1 aliphatic heterocycles. The van der Waals surface area contributed by atoms with Crippen molar-refractivity contribution in [2.75, 3.05) is 13.1 Å². The molecule has 0 radical (unpaired) electrons. The first-order chi connectivity index (χ1) is 11.7. The molecule has 3 aliphatic rings. The number of carbonyl (C=O) groups is 1. The number of benzene rings is 1. The van der Waals surface area contributed by atoms with Crippen LogP contribution in [-0.4, -0.2) is 33.4 Å². The predicted octanol–water partition coefficient (Wildman–Crippen LogP) is 2.54. The quantitative estimate of drug-likeness (QED) is 0.943. The molecule has 2 aliphatic carbocycles. The van der Waals surface area contributed by atoms with Gasteiger partial charge in [0.2, 0.25) is 5.91 Å². The van der Waals surface area contributed by atoms with E-state index in [1.807, 2.05) is 33.7 Å². The molecule has 2 atom stereocenters. The molecule has 126 valence electrons. The summed E-state index contributed by atoms with van der Waals surface area (Å²) in [6.45, 7) is 1.56. The fourth-order valence-corrected chi connectivity index (χ4v) is 4.56. The molecule has 0 bridgehead atoms. The number of aromatic nitrogens is 2. The van der Waals surface area contributed by atoms with Gasteiger partial charge < -0.3 is 9.88 Å². The van der Waals surface area contributed by atoms with E-state index in [1.54, 1.807) is 0 Å². The van der Waals surface area contributed by atoms with Crippen LogP contribution >= 0.6 is 0 Å². The van der Waals surface area contributed by atoms with E-state index in [0.717, 1.165) is 49.3 Å². The predicted molar refractivity (Wildman–Crippen MR) is 91.7 cm³/mol. The first-order valence-corrected chi connectivity index (χ1v) is 9.20. The van der Waals surface area contributed by atoms with E-state index in [2.05, 4.69) is 4.98 Å². The van der Waals surface area contributed by atoms with Gasteiger partial charge in [0.25, 0.3) is 0 Å². The molecule has 3 fully saturated rings. The molecule has 5 heteroatoms. The van der Waals surface area contributed by atoms with Crippen LogP contribution in [0.1, 0.15) is 38.1 Å². The van der Waals surface area contributed by atoms with Crippen LogP contribution in [0, 0.1) is 17.8 Å². The lowest BCUT2D eigenvalue weighted by Gasteiger charge is -2.32. The van der Waals surface area contributed by atoms with Gasteiger partial charge in [0.15, 0.2) is 0 Å². The molecule has 1 N–H and O–H groups in total. The van der Waals surface area contributed by atoms with Crippen LogP contribution in [0.5, 0.6) is 0 Å². The van der Waals surface area contributed by atoms with Gasteiger partial charge in [0.05, 0.1) is 11.0 Å². The molecule has 5 rings (SSSR count). The standard InChI is InChI=1S/C19H23N3O2/c23-18(15-11-14(15)12-5-6-12)21-9-7-13(8-10-21)22-17-4-2-1-3-16(17)20-19(22)24/h1-4,12-15H,5-11H2,(H,20,24)/t14-,15+/m1/s1. The van der Waals surface area contributed by atoms with Gasteiger partial charge in [-0.2, -0.15) is 0 Å². The number of hydrogen-bond donors (Lipinski definition) is 1. The highest BCUT2D eigenvalue weighted by atomic mass is 16.2. The third-order valence-corrected chi connectivity index (χ3v) is 6.15. The summed E-state index contributed by atoms with van der Waals surface area (Å²) in [6.07, 6.45) is 5.52. The maximum atomic E-state index is 12.6. The number of likely N-dealkylation sites (tertiary alicyclic amines) is 1. The van der Waals surface area contributed by atoms with Crippen LogP contribution in [0.15, 0.2) is 29.1 Å². The number of hydrogen-bond acceptors (Lipinski definition) is 2. The van der Waals surface area contributed by atoms with Crippen molar-refractivity contribution in [3.05, 3.63) is 34.7 Å². The molecule has 1 aromatic carbocycles. The SMILES string of the molecule is O=C([C@H]1C[C@@H]1C1CC1)N1CCC(n2c(=O)[nH]c3ccccc32)CC1. The number of carbonyl (C=O) groups excluding carboxylic acids is 1. The van der Waals surface area contributed by atoms with Crippen molar-refractivity contribution in [3.63, 3.8) is 0 Å². The number of aromatic amines is 1. The van der Waals surface area contributed by atoms with E-state index in [0.29, 0.717) is 17.7 Å². The van der Waals surface area contributed by atoms with Gasteiger partial charge in [-0.1, -0.05) is 12.1 Å². The monoisotopic (exact) mass is 325 g/mol. The summed E-state index contributed by atoms with van der Waals surface area (Å²) < 4.78 is 1.89. The zero-order valence-corrected chi connectivity index (χ0v) is 13.8. The van der Waals surface area contributed by atoms with E-state index >= 15 is 0 Å². The Morgan fingerprint density at radius 2 is 1.83 bits per heavy atom. The minimum Gasteiger partial charge on any atom is -0.342 e. The lowest BCUT2D eigenvalue weighted by molar-refractivity contribution is -0.134. The Morgan fingerprint density at radius 1 is 1.08 bits per heavy atom. The third-order valence-electron chi connectivity index (χ3n) is 6.15. The molecule has 24 heavy (non-hydrogen) atoms. The molecule has 0 unspecified atom stereocenters. The van der Waals surface area contributed by atoms with Crippen LogP contribution in [0.4, 0.5) is 0 Å². The second-order valence-corrected chi connectivity index (χ2v) is 7.72. The van der Waals surface area contributed by atoms with Gasteiger partial charge in [-0.25, -0.2) is 4.79 Å². The maximum Gasteiger partial charge on any atom is 0.326 e. The van der Waals surface area contributed by atoms with Crippen molar-refractivity contribution in [2.24, 2.45) is 17.8 Å². The average molecular weight is 325 g/mol. The average Bonchev–Trinajstić information content (AvgIpc) is 3.49.